The Morgan fingerprint density at radius 1 is 1.50 bits per heavy atom. The summed E-state index contributed by atoms with van der Waals surface area (Å²) in [6, 6.07) is 0.459. The Balaban J connectivity index is 2.10. The lowest BCUT2D eigenvalue weighted by atomic mass is 9.98. The van der Waals surface area contributed by atoms with Gasteiger partial charge in [0.05, 0.1) is 6.10 Å². The number of nitrogen functional groups attached to an aromatic ring is 1. The van der Waals surface area contributed by atoms with Crippen LogP contribution in [-0.2, 0) is 0 Å². The van der Waals surface area contributed by atoms with Crippen molar-refractivity contribution in [1.29, 1.82) is 0 Å². The van der Waals surface area contributed by atoms with Gasteiger partial charge in [-0.15, -0.1) is 0 Å². The Morgan fingerprint density at radius 3 is 2.86 bits per heavy atom. The Hall–Kier alpha value is -1.30. The summed E-state index contributed by atoms with van der Waals surface area (Å²) in [5.74, 6) is 0.423. The number of aliphatic hydroxyl groups excluding tert-OH is 1. The number of aliphatic hydroxyl groups is 1. The molecule has 3 N–H and O–H groups in total. The minimum absolute atomic E-state index is 0.0627. The fourth-order valence-corrected chi connectivity index (χ4v) is 1.83. The molecule has 0 aliphatic carbocycles. The van der Waals surface area contributed by atoms with Crippen LogP contribution in [0.3, 0.4) is 0 Å². The van der Waals surface area contributed by atoms with Crippen LogP contribution in [0.25, 0.3) is 0 Å². The lowest BCUT2D eigenvalue weighted by molar-refractivity contribution is 0.130. The molecule has 2 heterocycles. The Morgan fingerprint density at radius 2 is 2.29 bits per heavy atom. The lowest BCUT2D eigenvalue weighted by Crippen LogP contribution is -2.42. The summed E-state index contributed by atoms with van der Waals surface area (Å²) in [7, 11) is 0. The maximum atomic E-state index is 9.56. The van der Waals surface area contributed by atoms with Gasteiger partial charge in [0.1, 0.15) is 0 Å². The van der Waals surface area contributed by atoms with E-state index in [1.54, 1.807) is 0 Å². The molecule has 0 unspecified atom stereocenters. The maximum Gasteiger partial charge on any atom is 0.319 e. The molecule has 0 amide bonds. The van der Waals surface area contributed by atoms with E-state index in [9.17, 15) is 5.11 Å². The number of β-amino-alcohol motifs (C(OH)–C–C–N with tert-alkyl or cyclic N) is 1. The second-order valence-electron chi connectivity index (χ2n) is 3.82. The molecule has 1 aromatic rings. The van der Waals surface area contributed by atoms with E-state index in [0.717, 1.165) is 13.0 Å². The van der Waals surface area contributed by atoms with Crippen LogP contribution in [0.1, 0.15) is 13.3 Å². The molecule has 0 spiro atoms. The molecule has 1 aromatic heterocycles. The Kier molecular flexibility index (Phi) is 2.28. The first kappa shape index (κ1) is 9.26. The molecule has 14 heavy (non-hydrogen) atoms. The minimum atomic E-state index is -0.327. The van der Waals surface area contributed by atoms with Crippen LogP contribution in [0.5, 0.6) is 0 Å². The third-order valence-corrected chi connectivity index (χ3v) is 2.34. The second kappa shape index (κ2) is 3.45. The third-order valence-electron chi connectivity index (χ3n) is 2.34. The number of nitrogens with two attached hydrogens (primary N) is 1. The van der Waals surface area contributed by atoms with E-state index >= 15 is 0 Å². The van der Waals surface area contributed by atoms with Crippen LogP contribution in [0.15, 0.2) is 4.42 Å². The van der Waals surface area contributed by atoms with Crippen LogP contribution in [0, 0.1) is 5.92 Å². The van der Waals surface area contributed by atoms with Crippen molar-refractivity contribution in [2.45, 2.75) is 19.4 Å². The van der Waals surface area contributed by atoms with Crippen molar-refractivity contribution >= 4 is 12.0 Å². The van der Waals surface area contributed by atoms with E-state index in [-0.39, 0.29) is 12.1 Å². The highest BCUT2D eigenvalue weighted by atomic mass is 16.4. The summed E-state index contributed by atoms with van der Waals surface area (Å²) in [5, 5.41) is 16.9. The highest BCUT2D eigenvalue weighted by Gasteiger charge is 2.26. The minimum Gasteiger partial charge on any atom is -0.391 e. The highest BCUT2D eigenvalue weighted by molar-refractivity contribution is 5.29. The zero-order valence-corrected chi connectivity index (χ0v) is 8.05. The monoisotopic (exact) mass is 198 g/mol. The van der Waals surface area contributed by atoms with Crippen LogP contribution in [-0.4, -0.2) is 34.5 Å². The first-order chi connectivity index (χ1) is 6.65. The van der Waals surface area contributed by atoms with Gasteiger partial charge < -0.3 is 20.2 Å². The summed E-state index contributed by atoms with van der Waals surface area (Å²) in [6.07, 6.45) is 0.493. The molecule has 1 fully saturated rings. The van der Waals surface area contributed by atoms with E-state index in [0.29, 0.717) is 18.5 Å². The van der Waals surface area contributed by atoms with Gasteiger partial charge in [-0.1, -0.05) is 17.1 Å². The zero-order chi connectivity index (χ0) is 10.1. The first-order valence-corrected chi connectivity index (χ1v) is 4.67. The summed E-state index contributed by atoms with van der Waals surface area (Å²) in [4.78, 5) is 1.86. The molecule has 1 aliphatic heterocycles. The molecule has 0 bridgehead atoms. The number of piperidine rings is 1. The number of rotatable bonds is 1. The molecule has 2 atom stereocenters. The molecule has 0 saturated carbocycles. The van der Waals surface area contributed by atoms with Crippen LogP contribution >= 0.6 is 0 Å². The van der Waals surface area contributed by atoms with Crippen molar-refractivity contribution in [2.75, 3.05) is 23.7 Å². The number of nitrogens with zero attached hydrogens (tertiary/aromatic N) is 3. The topological polar surface area (TPSA) is 88.4 Å². The third kappa shape index (κ3) is 1.79. The van der Waals surface area contributed by atoms with Crippen LogP contribution < -0.4 is 10.6 Å². The molecule has 1 saturated heterocycles. The standard InChI is InChI=1S/C8H14N4O2/c1-5-2-6(13)4-12(3-5)8-11-10-7(9)14-8/h5-6,13H,2-4H2,1H3,(H2,9,10)/t5-,6+/m1/s1. The molecule has 2 rings (SSSR count). The summed E-state index contributed by atoms with van der Waals surface area (Å²) in [5.41, 5.74) is 5.33. The number of aromatic nitrogens is 2. The molecule has 0 radical (unpaired) electrons. The van der Waals surface area contributed by atoms with Crippen LogP contribution in [0.2, 0.25) is 0 Å². The SMILES string of the molecule is C[C@@H]1C[C@H](O)CN(c2nnc(N)o2)C1. The van der Waals surface area contributed by atoms with Gasteiger partial charge in [-0.25, -0.2) is 0 Å². The normalized spacial score (nSPS) is 28.0. The van der Waals surface area contributed by atoms with Gasteiger partial charge in [-0.3, -0.25) is 0 Å². The maximum absolute atomic E-state index is 9.56. The largest absolute Gasteiger partial charge is 0.391 e. The van der Waals surface area contributed by atoms with Crippen molar-refractivity contribution in [3.8, 4) is 0 Å². The Labute approximate surface area is 81.7 Å². The van der Waals surface area contributed by atoms with E-state index < -0.39 is 0 Å². The smallest absolute Gasteiger partial charge is 0.319 e. The quantitative estimate of drug-likeness (QED) is 0.653. The second-order valence-corrected chi connectivity index (χ2v) is 3.82. The van der Waals surface area contributed by atoms with E-state index in [2.05, 4.69) is 17.1 Å². The van der Waals surface area contributed by atoms with Crippen molar-refractivity contribution in [3.63, 3.8) is 0 Å². The van der Waals surface area contributed by atoms with E-state index in [1.807, 2.05) is 4.90 Å². The van der Waals surface area contributed by atoms with Gasteiger partial charge in [0.15, 0.2) is 0 Å². The molecule has 6 nitrogen and oxygen atoms in total. The molecular formula is C8H14N4O2. The zero-order valence-electron chi connectivity index (χ0n) is 8.05. The lowest BCUT2D eigenvalue weighted by Gasteiger charge is -2.32. The van der Waals surface area contributed by atoms with E-state index in [1.165, 1.54) is 0 Å². The van der Waals surface area contributed by atoms with Crippen molar-refractivity contribution in [1.82, 2.24) is 10.2 Å². The molecular weight excluding hydrogens is 184 g/mol. The molecule has 1 aliphatic rings. The fraction of sp³-hybridized carbons (Fsp3) is 0.750. The molecule has 78 valence electrons. The highest BCUT2D eigenvalue weighted by Crippen LogP contribution is 2.22. The van der Waals surface area contributed by atoms with Crippen molar-refractivity contribution in [3.05, 3.63) is 0 Å². The van der Waals surface area contributed by atoms with Crippen LogP contribution in [0.4, 0.5) is 12.0 Å². The Bertz CT molecular complexity index is 304. The van der Waals surface area contributed by atoms with Gasteiger partial charge >= 0.3 is 12.0 Å². The van der Waals surface area contributed by atoms with Crippen molar-refractivity contribution < 1.29 is 9.52 Å². The summed E-state index contributed by atoms with van der Waals surface area (Å²) >= 11 is 0. The summed E-state index contributed by atoms with van der Waals surface area (Å²) in [6.45, 7) is 3.43. The summed E-state index contributed by atoms with van der Waals surface area (Å²) < 4.78 is 5.09. The van der Waals surface area contributed by atoms with Gasteiger partial charge in [-0.2, -0.15) is 0 Å². The molecule has 0 aromatic carbocycles. The first-order valence-electron chi connectivity index (χ1n) is 4.67. The van der Waals surface area contributed by atoms with Gasteiger partial charge in [0.2, 0.25) is 0 Å². The average molecular weight is 198 g/mol. The average Bonchev–Trinajstić information content (AvgIpc) is 2.50. The number of anilines is 2. The van der Waals surface area contributed by atoms with E-state index in [4.69, 9.17) is 10.2 Å². The molecule has 6 heteroatoms. The van der Waals surface area contributed by atoms with Crippen molar-refractivity contribution in [2.24, 2.45) is 5.92 Å². The number of hydrogen-bond donors (Lipinski definition) is 2. The number of hydrogen-bond acceptors (Lipinski definition) is 6. The van der Waals surface area contributed by atoms with Gasteiger partial charge in [0.25, 0.3) is 0 Å². The van der Waals surface area contributed by atoms with Gasteiger partial charge in [0, 0.05) is 13.1 Å². The fourth-order valence-electron chi connectivity index (χ4n) is 1.83. The predicted octanol–water partition coefficient (Wildman–Crippen LogP) is -0.141. The predicted molar refractivity (Wildman–Crippen MR) is 50.7 cm³/mol. The van der Waals surface area contributed by atoms with Gasteiger partial charge in [-0.05, 0) is 12.3 Å².